The molecule has 1 heterocycles. The van der Waals surface area contributed by atoms with Crippen molar-refractivity contribution in [2.75, 3.05) is 25.2 Å². The van der Waals surface area contributed by atoms with E-state index in [9.17, 15) is 4.79 Å². The number of rotatable bonds is 2. The van der Waals surface area contributed by atoms with Gasteiger partial charge in [-0.25, -0.2) is 0 Å². The molecule has 1 aromatic carbocycles. The summed E-state index contributed by atoms with van der Waals surface area (Å²) >= 11 is 0. The number of hydrogen-bond donors (Lipinski definition) is 1. The lowest BCUT2D eigenvalue weighted by Gasteiger charge is -2.26. The Hall–Kier alpha value is -1.75. The third-order valence-corrected chi connectivity index (χ3v) is 3.74. The van der Waals surface area contributed by atoms with E-state index in [0.29, 0.717) is 19.0 Å². The predicted molar refractivity (Wildman–Crippen MR) is 71.7 cm³/mol. The first-order valence-corrected chi connectivity index (χ1v) is 6.48. The number of amides is 1. The van der Waals surface area contributed by atoms with E-state index < -0.39 is 5.54 Å². The molecule has 3 rings (SSSR count). The molecule has 0 spiro atoms. The number of nitrogens with zero attached hydrogens (tertiary/aromatic N) is 1. The number of likely N-dealkylation sites (N-methyl/N-ethyl adjacent to an activating group) is 1. The zero-order valence-electron chi connectivity index (χ0n) is 11.2. The van der Waals surface area contributed by atoms with Gasteiger partial charge in [0.25, 0.3) is 0 Å². The van der Waals surface area contributed by atoms with Crippen LogP contribution in [0, 0.1) is 6.92 Å². The molecule has 0 aromatic heterocycles. The summed E-state index contributed by atoms with van der Waals surface area (Å²) in [4.78, 5) is 13.9. The van der Waals surface area contributed by atoms with Gasteiger partial charge in [-0.2, -0.15) is 0 Å². The van der Waals surface area contributed by atoms with E-state index in [2.05, 4.69) is 0 Å². The lowest BCUT2D eigenvalue weighted by atomic mass is 10.1. The van der Waals surface area contributed by atoms with E-state index in [1.54, 1.807) is 11.9 Å². The monoisotopic (exact) mass is 262 g/mol. The van der Waals surface area contributed by atoms with Crippen molar-refractivity contribution in [2.24, 2.45) is 5.73 Å². The van der Waals surface area contributed by atoms with Gasteiger partial charge in [0.1, 0.15) is 13.2 Å². The van der Waals surface area contributed by atoms with Gasteiger partial charge in [-0.05, 0) is 31.4 Å². The molecule has 0 radical (unpaired) electrons. The van der Waals surface area contributed by atoms with Crippen LogP contribution in [0.1, 0.15) is 18.4 Å². The standard InChI is InChI=1S/C14H18N2O3/c1-9-7-11-12(19-6-5-18-11)8-10(9)16(2)13(17)14(15)3-4-14/h7-8H,3-6,15H2,1-2H3. The van der Waals surface area contributed by atoms with Crippen LogP contribution in [0.15, 0.2) is 12.1 Å². The molecule has 5 nitrogen and oxygen atoms in total. The van der Waals surface area contributed by atoms with Crippen LogP contribution in [0.2, 0.25) is 0 Å². The fourth-order valence-corrected chi connectivity index (χ4v) is 2.33. The van der Waals surface area contributed by atoms with E-state index >= 15 is 0 Å². The molecule has 2 aliphatic rings. The second kappa shape index (κ2) is 4.13. The first kappa shape index (κ1) is 12.3. The molecule has 0 atom stereocenters. The number of nitrogens with two attached hydrogens (primary N) is 1. The minimum Gasteiger partial charge on any atom is -0.486 e. The Morgan fingerprint density at radius 3 is 2.42 bits per heavy atom. The molecule has 102 valence electrons. The third-order valence-electron chi connectivity index (χ3n) is 3.74. The summed E-state index contributed by atoms with van der Waals surface area (Å²) in [6.45, 7) is 3.05. The molecule has 1 aliphatic carbocycles. The lowest BCUT2D eigenvalue weighted by molar-refractivity contribution is -0.120. The van der Waals surface area contributed by atoms with Crippen molar-refractivity contribution >= 4 is 11.6 Å². The molecule has 0 unspecified atom stereocenters. The topological polar surface area (TPSA) is 64.8 Å². The van der Waals surface area contributed by atoms with Gasteiger partial charge in [0.2, 0.25) is 5.91 Å². The minimum atomic E-state index is -0.658. The molecule has 1 saturated carbocycles. The highest BCUT2D eigenvalue weighted by atomic mass is 16.6. The van der Waals surface area contributed by atoms with Crippen LogP contribution in [-0.4, -0.2) is 31.7 Å². The molecule has 1 aliphatic heterocycles. The lowest BCUT2D eigenvalue weighted by Crippen LogP contribution is -2.44. The Morgan fingerprint density at radius 1 is 1.26 bits per heavy atom. The van der Waals surface area contributed by atoms with E-state index in [0.717, 1.165) is 29.8 Å². The van der Waals surface area contributed by atoms with Crippen LogP contribution in [0.3, 0.4) is 0 Å². The number of benzene rings is 1. The van der Waals surface area contributed by atoms with Gasteiger partial charge in [-0.15, -0.1) is 0 Å². The molecule has 1 aromatic rings. The van der Waals surface area contributed by atoms with Gasteiger partial charge in [-0.1, -0.05) is 0 Å². The van der Waals surface area contributed by atoms with Crippen molar-refractivity contribution in [3.05, 3.63) is 17.7 Å². The van der Waals surface area contributed by atoms with Gasteiger partial charge >= 0.3 is 0 Å². The van der Waals surface area contributed by atoms with Gasteiger partial charge < -0.3 is 20.1 Å². The van der Waals surface area contributed by atoms with E-state index in [-0.39, 0.29) is 5.91 Å². The minimum absolute atomic E-state index is 0.0349. The zero-order valence-corrected chi connectivity index (χ0v) is 11.2. The predicted octanol–water partition coefficient (Wildman–Crippen LogP) is 1.22. The maximum Gasteiger partial charge on any atom is 0.246 e. The summed E-state index contributed by atoms with van der Waals surface area (Å²) in [5.74, 6) is 1.39. The quantitative estimate of drug-likeness (QED) is 0.870. The number of carbonyl (C=O) groups is 1. The molecule has 2 N–H and O–H groups in total. The Bertz CT molecular complexity index is 538. The average Bonchev–Trinajstić information content (AvgIpc) is 3.15. The van der Waals surface area contributed by atoms with Crippen molar-refractivity contribution in [1.82, 2.24) is 0 Å². The fraction of sp³-hybridized carbons (Fsp3) is 0.500. The number of fused-ring (bicyclic) bond motifs is 1. The van der Waals surface area contributed by atoms with Crippen LogP contribution >= 0.6 is 0 Å². The summed E-state index contributed by atoms with van der Waals surface area (Å²) in [6.07, 6.45) is 1.53. The summed E-state index contributed by atoms with van der Waals surface area (Å²) in [6, 6.07) is 3.76. The first-order chi connectivity index (χ1) is 9.01. The molecule has 0 bridgehead atoms. The summed E-state index contributed by atoms with van der Waals surface area (Å²) in [5.41, 5.74) is 7.11. The highest BCUT2D eigenvalue weighted by Gasteiger charge is 2.48. The van der Waals surface area contributed by atoms with Crippen molar-refractivity contribution < 1.29 is 14.3 Å². The van der Waals surface area contributed by atoms with E-state index in [4.69, 9.17) is 15.2 Å². The SMILES string of the molecule is Cc1cc2c(cc1N(C)C(=O)C1(N)CC1)OCCO2. The number of ether oxygens (including phenoxy) is 2. The maximum absolute atomic E-state index is 12.3. The van der Waals surface area contributed by atoms with Gasteiger partial charge in [-0.3, -0.25) is 4.79 Å². The van der Waals surface area contributed by atoms with Crippen LogP contribution in [0.4, 0.5) is 5.69 Å². The summed E-state index contributed by atoms with van der Waals surface area (Å²) in [7, 11) is 1.76. The van der Waals surface area contributed by atoms with E-state index in [1.807, 2.05) is 19.1 Å². The molecular formula is C14H18N2O3. The van der Waals surface area contributed by atoms with Gasteiger partial charge in [0.05, 0.1) is 11.2 Å². The van der Waals surface area contributed by atoms with Crippen molar-refractivity contribution in [3.63, 3.8) is 0 Å². The number of anilines is 1. The Labute approximate surface area is 112 Å². The molecule has 0 saturated heterocycles. The van der Waals surface area contributed by atoms with Gasteiger partial charge in [0.15, 0.2) is 11.5 Å². The smallest absolute Gasteiger partial charge is 0.246 e. The van der Waals surface area contributed by atoms with Crippen LogP contribution in [-0.2, 0) is 4.79 Å². The van der Waals surface area contributed by atoms with Crippen molar-refractivity contribution in [1.29, 1.82) is 0 Å². The van der Waals surface area contributed by atoms with E-state index in [1.165, 1.54) is 0 Å². The number of aryl methyl sites for hydroxylation is 1. The van der Waals surface area contributed by atoms with Gasteiger partial charge in [0, 0.05) is 13.1 Å². The third kappa shape index (κ3) is 2.04. The van der Waals surface area contributed by atoms with Crippen molar-refractivity contribution in [3.8, 4) is 11.5 Å². The van der Waals surface area contributed by atoms with Crippen LogP contribution in [0.5, 0.6) is 11.5 Å². The second-order valence-electron chi connectivity index (χ2n) is 5.30. The average molecular weight is 262 g/mol. The van der Waals surface area contributed by atoms with Crippen LogP contribution in [0.25, 0.3) is 0 Å². The highest BCUT2D eigenvalue weighted by molar-refractivity contribution is 6.02. The maximum atomic E-state index is 12.3. The molecule has 1 fully saturated rings. The Kier molecular flexibility index (Phi) is 2.67. The molecule has 1 amide bonds. The molecular weight excluding hydrogens is 244 g/mol. The molecule has 19 heavy (non-hydrogen) atoms. The van der Waals surface area contributed by atoms with Crippen LogP contribution < -0.4 is 20.1 Å². The number of hydrogen-bond acceptors (Lipinski definition) is 4. The first-order valence-electron chi connectivity index (χ1n) is 6.48. The Morgan fingerprint density at radius 2 is 1.84 bits per heavy atom. The fourth-order valence-electron chi connectivity index (χ4n) is 2.33. The zero-order chi connectivity index (χ0) is 13.6. The largest absolute Gasteiger partial charge is 0.486 e. The second-order valence-corrected chi connectivity index (χ2v) is 5.30. The normalized spacial score (nSPS) is 18.9. The number of carbonyl (C=O) groups excluding carboxylic acids is 1. The highest BCUT2D eigenvalue weighted by Crippen LogP contribution is 2.39. The molecule has 5 heteroatoms. The van der Waals surface area contributed by atoms with Crippen molar-refractivity contribution in [2.45, 2.75) is 25.3 Å². The summed E-state index contributed by atoms with van der Waals surface area (Å²) in [5, 5.41) is 0. The Balaban J connectivity index is 1.93. The summed E-state index contributed by atoms with van der Waals surface area (Å²) < 4.78 is 11.1.